The number of carbonyl (C=O) groups excluding carboxylic acids is 2. The fourth-order valence-electron chi connectivity index (χ4n) is 4.65. The minimum absolute atomic E-state index is 0. The predicted molar refractivity (Wildman–Crippen MR) is 130 cm³/mol. The van der Waals surface area contributed by atoms with Gasteiger partial charge < -0.3 is 20.7 Å². The van der Waals surface area contributed by atoms with E-state index in [0.717, 1.165) is 0 Å². The highest BCUT2D eigenvalue weighted by molar-refractivity contribution is 6.35. The molecule has 3 aliphatic heterocycles. The highest BCUT2D eigenvalue weighted by Gasteiger charge is 2.67. The molecule has 3 aliphatic rings. The van der Waals surface area contributed by atoms with E-state index in [0.29, 0.717) is 19.1 Å². The molecule has 3 saturated heterocycles. The Balaban J connectivity index is 0.000000586. The van der Waals surface area contributed by atoms with Crippen molar-refractivity contribution in [1.29, 1.82) is 0 Å². The zero-order valence-electron chi connectivity index (χ0n) is 20.6. The first kappa shape index (κ1) is 31.2. The maximum absolute atomic E-state index is 12.2. The van der Waals surface area contributed by atoms with Crippen LogP contribution in [0.3, 0.4) is 0 Å². The molecule has 3 atom stereocenters. The fraction of sp³-hybridized carbons (Fsp3) is 0.875. The molecule has 3 rings (SSSR count). The molecular formula is C24H47N5O4. The molecule has 2 unspecified atom stereocenters. The molecule has 0 aromatic rings. The van der Waals surface area contributed by atoms with Crippen LogP contribution in [0.25, 0.3) is 5.53 Å². The maximum atomic E-state index is 12.2. The second kappa shape index (κ2) is 9.82. The van der Waals surface area contributed by atoms with E-state index in [9.17, 15) is 9.59 Å². The zero-order chi connectivity index (χ0) is 24.2. The standard InChI is InChI=1S/C11H19N3O2.C11H20N2O2.2CH4/c1-7(2)9-6-16-11(4,5)14(9)10(15)8(3)13-12;1-7-8(14)13-10(4,5)15-6-11(13,12)9(7,2)3;;/h7,9H,6H2,1-5H3;7H,6,12H2,1-5H3;2*1H4/t;7?,11-;;/m.1../s1. The van der Waals surface area contributed by atoms with Crippen molar-refractivity contribution in [2.45, 2.75) is 107 Å². The van der Waals surface area contributed by atoms with Crippen molar-refractivity contribution in [3.8, 4) is 0 Å². The van der Waals surface area contributed by atoms with Gasteiger partial charge in [-0.2, -0.15) is 4.79 Å². The van der Waals surface area contributed by atoms with Crippen LogP contribution < -0.4 is 5.73 Å². The Morgan fingerprint density at radius 3 is 2.06 bits per heavy atom. The molecule has 0 spiro atoms. The number of hydrogen-bond donors (Lipinski definition) is 1. The fourth-order valence-corrected chi connectivity index (χ4v) is 4.65. The molecule has 0 aromatic heterocycles. The third-order valence-corrected chi connectivity index (χ3v) is 7.34. The lowest BCUT2D eigenvalue weighted by atomic mass is 9.74. The second-order valence-electron chi connectivity index (χ2n) is 10.7. The molecule has 2 N–H and O–H groups in total. The van der Waals surface area contributed by atoms with Crippen LogP contribution in [0, 0.1) is 17.3 Å². The van der Waals surface area contributed by atoms with Gasteiger partial charge in [0.15, 0.2) is 0 Å². The SMILES string of the molecule is C.C.CC(=[N+]=[N-])C(=O)N1C(C(C)C)COC1(C)C.CC1C(=O)N2C(C)(C)OC[C@]2(N)C1(C)C. The summed E-state index contributed by atoms with van der Waals surface area (Å²) >= 11 is 0. The van der Waals surface area contributed by atoms with Gasteiger partial charge in [0.25, 0.3) is 0 Å². The molecule has 9 heteroatoms. The number of amides is 2. The van der Waals surface area contributed by atoms with E-state index in [1.165, 1.54) is 6.92 Å². The summed E-state index contributed by atoms with van der Waals surface area (Å²) in [7, 11) is 0. The highest BCUT2D eigenvalue weighted by Crippen LogP contribution is 2.53. The Labute approximate surface area is 200 Å². The third kappa shape index (κ3) is 4.87. The molecule has 0 aliphatic carbocycles. The van der Waals surface area contributed by atoms with Crippen LogP contribution in [0.15, 0.2) is 0 Å². The van der Waals surface area contributed by atoms with Gasteiger partial charge in [-0.1, -0.05) is 49.5 Å². The average Bonchev–Trinajstić information content (AvgIpc) is 3.16. The van der Waals surface area contributed by atoms with E-state index >= 15 is 0 Å². The summed E-state index contributed by atoms with van der Waals surface area (Å²) in [5.41, 5.74) is 13.0. The van der Waals surface area contributed by atoms with Crippen LogP contribution in [0.5, 0.6) is 0 Å². The van der Waals surface area contributed by atoms with E-state index < -0.39 is 17.1 Å². The number of carbonyl (C=O) groups is 2. The largest absolute Gasteiger partial charge is 0.361 e. The molecule has 0 saturated carbocycles. The molecule has 9 nitrogen and oxygen atoms in total. The summed E-state index contributed by atoms with van der Waals surface area (Å²) in [4.78, 5) is 30.6. The van der Waals surface area contributed by atoms with Crippen LogP contribution in [0.4, 0.5) is 0 Å². The first-order chi connectivity index (χ1) is 14.0. The third-order valence-electron chi connectivity index (χ3n) is 7.34. The van der Waals surface area contributed by atoms with E-state index in [4.69, 9.17) is 20.7 Å². The van der Waals surface area contributed by atoms with Crippen molar-refractivity contribution in [2.75, 3.05) is 13.2 Å². The number of rotatable bonds is 2. The van der Waals surface area contributed by atoms with E-state index in [2.05, 4.69) is 4.79 Å². The Kier molecular flexibility index (Phi) is 9.29. The van der Waals surface area contributed by atoms with Crippen molar-refractivity contribution < 1.29 is 23.9 Å². The Bertz CT molecular complexity index is 801. The lowest BCUT2D eigenvalue weighted by molar-refractivity contribution is -0.146. The predicted octanol–water partition coefficient (Wildman–Crippen LogP) is 3.48. The minimum Gasteiger partial charge on any atom is -0.361 e. The van der Waals surface area contributed by atoms with Gasteiger partial charge in [-0.05, 0) is 33.6 Å². The van der Waals surface area contributed by atoms with Crippen LogP contribution in [-0.4, -0.2) is 68.5 Å². The number of nitrogens with zero attached hydrogens (tertiary/aromatic N) is 4. The van der Waals surface area contributed by atoms with Crippen LogP contribution in [-0.2, 0) is 19.1 Å². The molecular weight excluding hydrogens is 422 g/mol. The Hall–Kier alpha value is -1.80. The van der Waals surface area contributed by atoms with Crippen LogP contribution in [0.1, 0.15) is 84.1 Å². The number of hydrogen-bond acceptors (Lipinski definition) is 5. The summed E-state index contributed by atoms with van der Waals surface area (Å²) in [5.74, 6) is 0.0802. The van der Waals surface area contributed by atoms with Crippen molar-refractivity contribution in [3.05, 3.63) is 5.53 Å². The lowest BCUT2D eigenvalue weighted by Crippen LogP contribution is -2.61. The summed E-state index contributed by atoms with van der Waals surface area (Å²) in [6, 6.07) is 0.0270. The number of ether oxygens (including phenoxy) is 2. The summed E-state index contributed by atoms with van der Waals surface area (Å²) in [5, 5.41) is 0. The molecule has 192 valence electrons. The van der Waals surface area contributed by atoms with Crippen LogP contribution >= 0.6 is 0 Å². The number of fused-ring (bicyclic) bond motifs is 1. The van der Waals surface area contributed by atoms with Gasteiger partial charge in [-0.3, -0.25) is 19.4 Å². The molecule has 0 radical (unpaired) electrons. The van der Waals surface area contributed by atoms with Gasteiger partial charge in [0, 0.05) is 18.3 Å². The normalized spacial score (nSPS) is 30.5. The molecule has 0 bridgehead atoms. The monoisotopic (exact) mass is 469 g/mol. The van der Waals surface area contributed by atoms with Crippen molar-refractivity contribution in [1.82, 2.24) is 9.80 Å². The first-order valence-electron chi connectivity index (χ1n) is 10.9. The van der Waals surface area contributed by atoms with E-state index in [1.54, 1.807) is 9.80 Å². The smallest absolute Gasteiger partial charge is 0.353 e. The van der Waals surface area contributed by atoms with Gasteiger partial charge in [0.1, 0.15) is 17.1 Å². The van der Waals surface area contributed by atoms with Gasteiger partial charge >= 0.3 is 11.6 Å². The summed E-state index contributed by atoms with van der Waals surface area (Å²) in [6.07, 6.45) is 0. The average molecular weight is 470 g/mol. The van der Waals surface area contributed by atoms with Gasteiger partial charge in [-0.15, -0.1) is 0 Å². The van der Waals surface area contributed by atoms with Gasteiger partial charge in [0.2, 0.25) is 5.91 Å². The van der Waals surface area contributed by atoms with E-state index in [-0.39, 0.29) is 49.8 Å². The molecule has 0 aromatic carbocycles. The number of nitrogens with two attached hydrogens (primary N) is 1. The lowest BCUT2D eigenvalue weighted by Gasteiger charge is -2.40. The first-order valence-corrected chi connectivity index (χ1v) is 10.9. The van der Waals surface area contributed by atoms with Crippen molar-refractivity contribution in [2.24, 2.45) is 23.0 Å². The maximum Gasteiger partial charge on any atom is 0.353 e. The van der Waals surface area contributed by atoms with Crippen LogP contribution in [0.2, 0.25) is 0 Å². The quantitative estimate of drug-likeness (QED) is 0.377. The van der Waals surface area contributed by atoms with Gasteiger partial charge in [-0.25, -0.2) is 0 Å². The molecule has 2 amide bonds. The van der Waals surface area contributed by atoms with E-state index in [1.807, 2.05) is 62.3 Å². The molecule has 33 heavy (non-hydrogen) atoms. The molecule has 3 heterocycles. The van der Waals surface area contributed by atoms with Crippen molar-refractivity contribution in [3.63, 3.8) is 0 Å². The second-order valence-corrected chi connectivity index (χ2v) is 10.7. The Morgan fingerprint density at radius 1 is 1.12 bits per heavy atom. The van der Waals surface area contributed by atoms with Crippen molar-refractivity contribution >= 4 is 17.5 Å². The molecule has 3 fully saturated rings. The zero-order valence-corrected chi connectivity index (χ0v) is 20.6. The summed E-state index contributed by atoms with van der Waals surface area (Å²) < 4.78 is 11.3. The minimum atomic E-state index is -0.660. The van der Waals surface area contributed by atoms with Gasteiger partial charge in [0.05, 0.1) is 19.3 Å². The summed E-state index contributed by atoms with van der Waals surface area (Å²) in [6.45, 7) is 20.0. The highest BCUT2D eigenvalue weighted by atomic mass is 16.5. The topological polar surface area (TPSA) is 122 Å². The Morgan fingerprint density at radius 2 is 1.64 bits per heavy atom.